The molecule has 0 saturated heterocycles. The minimum absolute atomic E-state index is 0.00737. The number of hydrazone groups is 1. The second-order valence-corrected chi connectivity index (χ2v) is 11.1. The smallest absolute Gasteiger partial charge is 0.258 e. The SMILES string of the molecule is O=[N+]([O-])c1ccc(-c2csc(N3N=C4/C(=C\c5ccc(Cl)cc5)CCC[C@@H]4[C@@H]3c3ccc(Cl)cc3)n2)cc1. The molecule has 6 rings (SSSR count). The Morgan fingerprint density at radius 3 is 2.34 bits per heavy atom. The maximum absolute atomic E-state index is 11.1. The fourth-order valence-electron chi connectivity index (χ4n) is 5.17. The molecule has 1 aromatic heterocycles. The van der Waals surface area contributed by atoms with Crippen molar-refractivity contribution in [3.63, 3.8) is 0 Å². The van der Waals surface area contributed by atoms with Gasteiger partial charge in [-0.2, -0.15) is 5.10 Å². The number of aromatic nitrogens is 1. The Morgan fingerprint density at radius 2 is 1.66 bits per heavy atom. The minimum atomic E-state index is -0.399. The molecule has 38 heavy (non-hydrogen) atoms. The number of fused-ring (bicyclic) bond motifs is 1. The highest BCUT2D eigenvalue weighted by Crippen LogP contribution is 2.47. The number of thiazole rings is 1. The Kier molecular flexibility index (Phi) is 6.74. The number of hydrogen-bond donors (Lipinski definition) is 0. The molecule has 190 valence electrons. The molecule has 0 unspecified atom stereocenters. The molecule has 2 atom stereocenters. The zero-order chi connectivity index (χ0) is 26.2. The van der Waals surface area contributed by atoms with Crippen molar-refractivity contribution in [3.05, 3.63) is 115 Å². The number of nitrogens with zero attached hydrogens (tertiary/aromatic N) is 4. The Labute approximate surface area is 234 Å². The lowest BCUT2D eigenvalue weighted by atomic mass is 9.77. The molecule has 4 aromatic rings. The number of nitro benzene ring substituents is 1. The van der Waals surface area contributed by atoms with Crippen LogP contribution >= 0.6 is 34.5 Å². The highest BCUT2D eigenvalue weighted by Gasteiger charge is 2.42. The first-order valence-electron chi connectivity index (χ1n) is 12.3. The molecule has 6 nitrogen and oxygen atoms in total. The van der Waals surface area contributed by atoms with E-state index in [2.05, 4.69) is 18.2 Å². The number of rotatable bonds is 5. The molecule has 0 N–H and O–H groups in total. The van der Waals surface area contributed by atoms with Crippen LogP contribution in [0.25, 0.3) is 17.3 Å². The van der Waals surface area contributed by atoms with E-state index in [0.717, 1.165) is 52.5 Å². The first-order valence-corrected chi connectivity index (χ1v) is 13.9. The molecule has 1 aliphatic heterocycles. The molecular formula is C29H22Cl2N4O2S. The zero-order valence-electron chi connectivity index (χ0n) is 20.1. The fraction of sp³-hybridized carbons (Fsp3) is 0.172. The van der Waals surface area contributed by atoms with Crippen molar-refractivity contribution in [2.45, 2.75) is 25.3 Å². The summed E-state index contributed by atoms with van der Waals surface area (Å²) >= 11 is 13.8. The van der Waals surface area contributed by atoms with Crippen molar-refractivity contribution in [1.29, 1.82) is 0 Å². The standard InChI is InChI=1S/C29H22Cl2N4O2S/c30-22-10-4-18(5-11-22)16-21-2-1-3-25-27(21)33-34(28(25)20-6-12-23(31)13-7-20)29-32-26(17-38-29)19-8-14-24(15-9-19)35(36)37/h4-17,25,28H,1-3H2/b21-16-/t25-,28-/m0/s1. The zero-order valence-corrected chi connectivity index (χ0v) is 22.5. The number of benzene rings is 3. The fourth-order valence-corrected chi connectivity index (χ4v) is 6.24. The second-order valence-electron chi connectivity index (χ2n) is 9.37. The summed E-state index contributed by atoms with van der Waals surface area (Å²) in [6.45, 7) is 0. The maximum Gasteiger partial charge on any atom is 0.269 e. The van der Waals surface area contributed by atoms with E-state index < -0.39 is 4.92 Å². The number of halogens is 2. The topological polar surface area (TPSA) is 71.6 Å². The lowest BCUT2D eigenvalue weighted by molar-refractivity contribution is -0.384. The highest BCUT2D eigenvalue weighted by atomic mass is 35.5. The molecule has 0 radical (unpaired) electrons. The molecule has 0 spiro atoms. The van der Waals surface area contributed by atoms with Gasteiger partial charge in [0.2, 0.25) is 5.13 Å². The van der Waals surface area contributed by atoms with Crippen molar-refractivity contribution < 1.29 is 4.92 Å². The highest BCUT2D eigenvalue weighted by molar-refractivity contribution is 7.14. The van der Waals surface area contributed by atoms with Crippen molar-refractivity contribution >= 4 is 57.1 Å². The van der Waals surface area contributed by atoms with Crippen LogP contribution < -0.4 is 5.01 Å². The Morgan fingerprint density at radius 1 is 0.974 bits per heavy atom. The van der Waals surface area contributed by atoms with Gasteiger partial charge >= 0.3 is 0 Å². The number of anilines is 1. The van der Waals surface area contributed by atoms with Crippen LogP contribution in [0.4, 0.5) is 10.8 Å². The van der Waals surface area contributed by atoms with Crippen molar-refractivity contribution in [2.24, 2.45) is 11.0 Å². The molecule has 3 aromatic carbocycles. The summed E-state index contributed by atoms with van der Waals surface area (Å²) in [5, 5.41) is 22.4. The summed E-state index contributed by atoms with van der Waals surface area (Å²) in [6.07, 6.45) is 5.28. The van der Waals surface area contributed by atoms with Gasteiger partial charge in [-0.15, -0.1) is 11.3 Å². The number of hydrogen-bond acceptors (Lipinski definition) is 6. The van der Waals surface area contributed by atoms with Gasteiger partial charge in [0.15, 0.2) is 0 Å². The molecule has 1 saturated carbocycles. The van der Waals surface area contributed by atoms with E-state index >= 15 is 0 Å². The minimum Gasteiger partial charge on any atom is -0.258 e. The second kappa shape index (κ2) is 10.3. The van der Waals surface area contributed by atoms with Crippen LogP contribution in [0.3, 0.4) is 0 Å². The summed E-state index contributed by atoms with van der Waals surface area (Å²) in [5.41, 5.74) is 6.22. The van der Waals surface area contributed by atoms with E-state index in [1.165, 1.54) is 29.0 Å². The van der Waals surface area contributed by atoms with Crippen LogP contribution in [-0.4, -0.2) is 15.6 Å². The van der Waals surface area contributed by atoms with Crippen LogP contribution in [0.15, 0.2) is 88.9 Å². The number of nitro groups is 1. The van der Waals surface area contributed by atoms with Crippen molar-refractivity contribution in [3.8, 4) is 11.3 Å². The van der Waals surface area contributed by atoms with Crippen LogP contribution in [0.5, 0.6) is 0 Å². The van der Waals surface area contributed by atoms with Gasteiger partial charge in [-0.1, -0.05) is 47.5 Å². The predicted molar refractivity (Wildman–Crippen MR) is 155 cm³/mol. The van der Waals surface area contributed by atoms with E-state index in [9.17, 15) is 10.1 Å². The van der Waals surface area contributed by atoms with E-state index in [0.29, 0.717) is 10.0 Å². The summed E-state index contributed by atoms with van der Waals surface area (Å²) in [4.78, 5) is 15.6. The third-order valence-corrected chi connectivity index (χ3v) is 8.32. The van der Waals surface area contributed by atoms with E-state index in [1.54, 1.807) is 12.1 Å². The van der Waals surface area contributed by atoms with Gasteiger partial charge in [-0.3, -0.25) is 10.1 Å². The quantitative estimate of drug-likeness (QED) is 0.180. The van der Waals surface area contributed by atoms with Gasteiger partial charge in [-0.05, 0) is 78.4 Å². The van der Waals surface area contributed by atoms with Gasteiger partial charge in [0, 0.05) is 39.0 Å². The van der Waals surface area contributed by atoms with Gasteiger partial charge in [0.1, 0.15) is 0 Å². The molecular weight excluding hydrogens is 539 g/mol. The molecule has 1 aliphatic carbocycles. The van der Waals surface area contributed by atoms with Gasteiger partial charge in [0.25, 0.3) is 5.69 Å². The van der Waals surface area contributed by atoms with Gasteiger partial charge < -0.3 is 0 Å². The van der Waals surface area contributed by atoms with E-state index in [-0.39, 0.29) is 17.6 Å². The van der Waals surface area contributed by atoms with E-state index in [1.807, 2.05) is 46.8 Å². The van der Waals surface area contributed by atoms with E-state index in [4.69, 9.17) is 33.3 Å². The normalized spacial score (nSPS) is 19.9. The summed E-state index contributed by atoms with van der Waals surface area (Å²) in [5.74, 6) is 0.218. The van der Waals surface area contributed by atoms with Crippen molar-refractivity contribution in [1.82, 2.24) is 4.98 Å². The maximum atomic E-state index is 11.1. The van der Waals surface area contributed by atoms with Crippen LogP contribution in [0, 0.1) is 16.0 Å². The Hall–Kier alpha value is -3.52. The average molecular weight is 561 g/mol. The molecule has 0 bridgehead atoms. The third-order valence-electron chi connectivity index (χ3n) is 6.99. The molecule has 2 heterocycles. The van der Waals surface area contributed by atoms with Crippen molar-refractivity contribution in [2.75, 3.05) is 5.01 Å². The molecule has 1 fully saturated rings. The first kappa shape index (κ1) is 24.8. The first-order chi connectivity index (χ1) is 18.5. The number of non-ortho nitro benzene ring substituents is 1. The Bertz CT molecular complexity index is 1550. The average Bonchev–Trinajstić information content (AvgIpc) is 3.57. The van der Waals surface area contributed by atoms with Crippen LogP contribution in [0.2, 0.25) is 10.0 Å². The molecule has 0 amide bonds. The van der Waals surface area contributed by atoms with Crippen LogP contribution in [-0.2, 0) is 0 Å². The predicted octanol–water partition coefficient (Wildman–Crippen LogP) is 8.83. The van der Waals surface area contributed by atoms with Gasteiger partial charge in [0.05, 0.1) is 22.4 Å². The largest absolute Gasteiger partial charge is 0.269 e. The third kappa shape index (κ3) is 4.85. The summed E-state index contributed by atoms with van der Waals surface area (Å²) in [6, 6.07) is 22.3. The summed E-state index contributed by atoms with van der Waals surface area (Å²) in [7, 11) is 0. The number of allylic oxidation sites excluding steroid dienone is 1. The summed E-state index contributed by atoms with van der Waals surface area (Å²) < 4.78 is 0. The molecule has 9 heteroatoms. The monoisotopic (exact) mass is 560 g/mol. The lowest BCUT2D eigenvalue weighted by Crippen LogP contribution is -2.28. The lowest BCUT2D eigenvalue weighted by Gasteiger charge is -2.29. The molecule has 2 aliphatic rings. The Balaban J connectivity index is 1.39. The van der Waals surface area contributed by atoms with Gasteiger partial charge in [-0.25, -0.2) is 9.99 Å². The van der Waals surface area contributed by atoms with Crippen LogP contribution in [0.1, 0.15) is 36.4 Å².